The van der Waals surface area contributed by atoms with Crippen molar-refractivity contribution >= 4 is 21.6 Å². The Kier molecular flexibility index (Phi) is 6.96. The van der Waals surface area contributed by atoms with Gasteiger partial charge in [0.1, 0.15) is 28.9 Å². The fraction of sp³-hybridized carbons (Fsp3) is 0.310. The molecule has 2 aliphatic rings. The maximum Gasteiger partial charge on any atom is 0.254 e. The average Bonchev–Trinajstić information content (AvgIpc) is 3.21. The lowest BCUT2D eigenvalue weighted by Crippen LogP contribution is -2.33. The van der Waals surface area contributed by atoms with E-state index in [1.54, 1.807) is 11.8 Å². The smallest absolute Gasteiger partial charge is 0.254 e. The Morgan fingerprint density at radius 2 is 1.82 bits per heavy atom. The van der Waals surface area contributed by atoms with Gasteiger partial charge in [0.2, 0.25) is 0 Å². The van der Waals surface area contributed by atoms with Crippen LogP contribution in [0.4, 0.5) is 4.39 Å². The molecule has 1 N–H and O–H groups in total. The number of hydrogen-bond acceptors (Lipinski definition) is 6. The van der Waals surface area contributed by atoms with E-state index in [4.69, 9.17) is 4.74 Å². The predicted molar refractivity (Wildman–Crippen MR) is 145 cm³/mol. The summed E-state index contributed by atoms with van der Waals surface area (Å²) in [6.07, 6.45) is 1.15. The topological polar surface area (TPSA) is 88.1 Å². The molecule has 0 bridgehead atoms. The van der Waals surface area contributed by atoms with Gasteiger partial charge in [-0.15, -0.1) is 0 Å². The quantitative estimate of drug-likeness (QED) is 0.528. The first-order valence-corrected chi connectivity index (χ1v) is 14.5. The van der Waals surface area contributed by atoms with Gasteiger partial charge in [-0.1, -0.05) is 37.3 Å². The molecule has 0 spiro atoms. The van der Waals surface area contributed by atoms with Crippen molar-refractivity contribution in [1.29, 1.82) is 0 Å². The molecule has 1 amide bonds. The van der Waals surface area contributed by atoms with E-state index in [1.165, 1.54) is 12.1 Å². The number of carbonyl (C=O) groups excluding carboxylic acids is 1. The molecule has 2 heterocycles. The summed E-state index contributed by atoms with van der Waals surface area (Å²) in [5.74, 6) is 0.395. The van der Waals surface area contributed by atoms with Crippen molar-refractivity contribution < 1.29 is 22.3 Å². The second-order valence-corrected chi connectivity index (χ2v) is 11.7. The number of fused-ring (bicyclic) bond motifs is 1. The molecule has 1 atom stereocenters. The Balaban J connectivity index is 1.42. The molecule has 198 valence electrons. The molecule has 7 nitrogen and oxygen atoms in total. The maximum absolute atomic E-state index is 15.1. The van der Waals surface area contributed by atoms with E-state index in [9.17, 15) is 13.2 Å². The lowest BCUT2D eigenvalue weighted by Gasteiger charge is -2.22. The van der Waals surface area contributed by atoms with Gasteiger partial charge in [-0.2, -0.15) is 0 Å². The number of nitrogens with zero attached hydrogens (tertiary/aromatic N) is 2. The van der Waals surface area contributed by atoms with Crippen molar-refractivity contribution in [3.63, 3.8) is 0 Å². The molecule has 2 aliphatic heterocycles. The van der Waals surface area contributed by atoms with E-state index in [1.807, 2.05) is 42.5 Å². The summed E-state index contributed by atoms with van der Waals surface area (Å²) in [7, 11) is -3.75. The fourth-order valence-electron chi connectivity index (χ4n) is 4.90. The van der Waals surface area contributed by atoms with Crippen molar-refractivity contribution in [2.75, 3.05) is 26.0 Å². The van der Waals surface area contributed by atoms with Crippen LogP contribution in [0.1, 0.15) is 40.9 Å². The number of ether oxygens (including phenoxy) is 1. The molecule has 3 aromatic rings. The monoisotopic (exact) mass is 535 g/mol. The molecule has 38 heavy (non-hydrogen) atoms. The minimum absolute atomic E-state index is 0.105. The summed E-state index contributed by atoms with van der Waals surface area (Å²) in [5.41, 5.74) is 4.17. The van der Waals surface area contributed by atoms with Gasteiger partial charge in [0.25, 0.3) is 5.91 Å². The number of amides is 1. The van der Waals surface area contributed by atoms with Gasteiger partial charge in [0, 0.05) is 41.6 Å². The van der Waals surface area contributed by atoms with E-state index >= 15 is 4.39 Å². The molecule has 0 aromatic heterocycles. The van der Waals surface area contributed by atoms with Crippen LogP contribution in [0, 0.1) is 5.82 Å². The number of aliphatic imine (C=N–C) groups is 1. The van der Waals surface area contributed by atoms with Gasteiger partial charge in [-0.05, 0) is 48.7 Å². The number of hydrogen-bond donors (Lipinski definition) is 1. The van der Waals surface area contributed by atoms with Crippen LogP contribution >= 0.6 is 0 Å². The SMILES string of the molecule is CCc1c(C(=O)N2CCOc3ccc(-c4ccc(C5=NC(C)CN5)cc4)cc3C2)ccc(S(C)(=O)=O)c1F. The van der Waals surface area contributed by atoms with Crippen molar-refractivity contribution in [1.82, 2.24) is 10.2 Å². The Bertz CT molecular complexity index is 1530. The zero-order valence-electron chi connectivity index (χ0n) is 21.6. The number of amidine groups is 1. The molecule has 9 heteroatoms. The van der Waals surface area contributed by atoms with Crippen molar-refractivity contribution in [3.8, 4) is 16.9 Å². The molecule has 5 rings (SSSR count). The summed E-state index contributed by atoms with van der Waals surface area (Å²) in [6.45, 7) is 5.53. The number of carbonyl (C=O) groups is 1. The van der Waals surface area contributed by atoms with Crippen LogP contribution in [-0.4, -0.2) is 57.1 Å². The second kappa shape index (κ2) is 10.2. The summed E-state index contributed by atoms with van der Waals surface area (Å²) in [6, 6.07) is 16.9. The number of benzene rings is 3. The van der Waals surface area contributed by atoms with Gasteiger partial charge in [-0.3, -0.25) is 9.79 Å². The van der Waals surface area contributed by atoms with Gasteiger partial charge in [0.15, 0.2) is 9.84 Å². The molecule has 0 aliphatic carbocycles. The van der Waals surface area contributed by atoms with Crippen LogP contribution in [0.25, 0.3) is 11.1 Å². The first-order chi connectivity index (χ1) is 18.2. The summed E-state index contributed by atoms with van der Waals surface area (Å²) in [4.78, 5) is 19.4. The van der Waals surface area contributed by atoms with E-state index in [0.29, 0.717) is 18.9 Å². The number of halogens is 1. The predicted octanol–water partition coefficient (Wildman–Crippen LogP) is 4.23. The average molecular weight is 536 g/mol. The largest absolute Gasteiger partial charge is 0.491 e. The first-order valence-electron chi connectivity index (χ1n) is 12.6. The lowest BCUT2D eigenvalue weighted by atomic mass is 10.00. The first kappa shape index (κ1) is 25.9. The minimum atomic E-state index is -3.75. The molecule has 0 radical (unpaired) electrons. The van der Waals surface area contributed by atoms with Crippen LogP contribution in [0.5, 0.6) is 5.75 Å². The Morgan fingerprint density at radius 1 is 1.11 bits per heavy atom. The standard InChI is InChI=1S/C29H30FN3O4S/c1-4-23-24(10-12-26(27(23)30)38(3,35)36)29(34)33-13-14-37-25-11-9-21(15-22(25)17-33)19-5-7-20(8-6-19)28-31-16-18(2)32-28/h5-12,15,18H,4,13-14,16-17H2,1-3H3,(H,31,32). The highest BCUT2D eigenvalue weighted by Gasteiger charge is 2.27. The molecule has 0 saturated heterocycles. The highest BCUT2D eigenvalue weighted by atomic mass is 32.2. The molecule has 0 fully saturated rings. The summed E-state index contributed by atoms with van der Waals surface area (Å²) >= 11 is 0. The summed E-state index contributed by atoms with van der Waals surface area (Å²) in [5, 5.41) is 3.32. The zero-order valence-corrected chi connectivity index (χ0v) is 22.4. The highest BCUT2D eigenvalue weighted by molar-refractivity contribution is 7.90. The number of rotatable bonds is 5. The van der Waals surface area contributed by atoms with Crippen LogP contribution in [-0.2, 0) is 22.8 Å². The summed E-state index contributed by atoms with van der Waals surface area (Å²) < 4.78 is 44.9. The molecule has 3 aromatic carbocycles. The van der Waals surface area contributed by atoms with Crippen molar-refractivity contribution in [2.24, 2.45) is 4.99 Å². The highest BCUT2D eigenvalue weighted by Crippen LogP contribution is 2.31. The third-order valence-corrected chi connectivity index (χ3v) is 8.04. The number of sulfone groups is 1. The van der Waals surface area contributed by atoms with Gasteiger partial charge in [0.05, 0.1) is 12.6 Å². The molecular weight excluding hydrogens is 505 g/mol. The van der Waals surface area contributed by atoms with E-state index in [-0.39, 0.29) is 36.0 Å². The molecule has 0 saturated carbocycles. The van der Waals surface area contributed by atoms with E-state index < -0.39 is 20.5 Å². The third kappa shape index (κ3) is 5.03. The lowest BCUT2D eigenvalue weighted by molar-refractivity contribution is 0.0731. The van der Waals surface area contributed by atoms with Crippen molar-refractivity contribution in [3.05, 3.63) is 82.7 Å². The van der Waals surface area contributed by atoms with Crippen LogP contribution < -0.4 is 10.1 Å². The van der Waals surface area contributed by atoms with E-state index in [0.717, 1.165) is 40.9 Å². The van der Waals surface area contributed by atoms with E-state index in [2.05, 4.69) is 17.2 Å². The zero-order chi connectivity index (χ0) is 27.0. The second-order valence-electron chi connectivity index (χ2n) is 9.71. The van der Waals surface area contributed by atoms with Crippen LogP contribution in [0.15, 0.2) is 64.5 Å². The Labute approximate surface area is 222 Å². The molecule has 1 unspecified atom stereocenters. The Morgan fingerprint density at radius 3 is 2.47 bits per heavy atom. The van der Waals surface area contributed by atoms with Gasteiger partial charge < -0.3 is 15.0 Å². The number of nitrogens with one attached hydrogen (secondary N) is 1. The van der Waals surface area contributed by atoms with Crippen LogP contribution in [0.2, 0.25) is 0 Å². The van der Waals surface area contributed by atoms with Gasteiger partial charge >= 0.3 is 0 Å². The minimum Gasteiger partial charge on any atom is -0.491 e. The normalized spacial score (nSPS) is 17.2. The molecular formula is C29H30FN3O4S. The Hall–Kier alpha value is -3.72. The third-order valence-electron chi connectivity index (χ3n) is 6.92. The van der Waals surface area contributed by atoms with Gasteiger partial charge in [-0.25, -0.2) is 12.8 Å². The maximum atomic E-state index is 15.1. The van der Waals surface area contributed by atoms with Crippen molar-refractivity contribution in [2.45, 2.75) is 37.8 Å². The van der Waals surface area contributed by atoms with Crippen LogP contribution in [0.3, 0.4) is 0 Å². The fourth-order valence-corrected chi connectivity index (χ4v) is 5.67.